The van der Waals surface area contributed by atoms with Gasteiger partial charge in [0, 0.05) is 12.8 Å². The summed E-state index contributed by atoms with van der Waals surface area (Å²) in [6.07, 6.45) is 82.9. The fourth-order valence-electron chi connectivity index (χ4n) is 8.46. The highest BCUT2D eigenvalue weighted by Gasteiger charge is 2.27. The molecule has 0 aromatic carbocycles. The van der Waals surface area contributed by atoms with Crippen LogP contribution >= 0.6 is 7.82 Å². The van der Waals surface area contributed by atoms with Crippen LogP contribution in [0.25, 0.3) is 0 Å². The summed E-state index contributed by atoms with van der Waals surface area (Å²) >= 11 is 0. The summed E-state index contributed by atoms with van der Waals surface area (Å²) in [5, 5.41) is 3.00. The maximum atomic E-state index is 13.5. The van der Waals surface area contributed by atoms with Crippen LogP contribution in [0.4, 0.5) is 0 Å². The summed E-state index contributed by atoms with van der Waals surface area (Å²) < 4.78 is 30.3. The molecular formula is C70H119N2O7P. The average molecular weight is 1130 g/mol. The molecule has 1 amide bonds. The molecule has 3 atom stereocenters. The van der Waals surface area contributed by atoms with Crippen LogP contribution in [0, 0.1) is 0 Å². The van der Waals surface area contributed by atoms with E-state index in [-0.39, 0.29) is 31.3 Å². The number of esters is 1. The van der Waals surface area contributed by atoms with E-state index in [2.05, 4.69) is 148 Å². The second-order valence-corrected chi connectivity index (χ2v) is 23.6. The van der Waals surface area contributed by atoms with Gasteiger partial charge in [-0.25, -0.2) is 0 Å². The number of phosphoric ester groups is 1. The predicted octanol–water partition coefficient (Wildman–Crippen LogP) is 19.4. The third-order valence-corrected chi connectivity index (χ3v) is 14.3. The van der Waals surface area contributed by atoms with Crippen molar-refractivity contribution in [3.05, 3.63) is 134 Å². The lowest BCUT2D eigenvalue weighted by atomic mass is 10.1. The van der Waals surface area contributed by atoms with Crippen molar-refractivity contribution in [3.8, 4) is 0 Å². The molecular weight excluding hydrogens is 1010 g/mol. The second-order valence-electron chi connectivity index (χ2n) is 22.1. The van der Waals surface area contributed by atoms with Gasteiger partial charge in [-0.15, -0.1) is 0 Å². The number of carbonyl (C=O) groups excluding carboxylic acids is 2. The second kappa shape index (κ2) is 58.4. The molecule has 9 nitrogen and oxygen atoms in total. The first-order chi connectivity index (χ1) is 38.9. The van der Waals surface area contributed by atoms with Gasteiger partial charge in [-0.1, -0.05) is 245 Å². The van der Waals surface area contributed by atoms with Crippen molar-refractivity contribution in [2.75, 3.05) is 40.9 Å². The fourth-order valence-corrected chi connectivity index (χ4v) is 9.18. The van der Waals surface area contributed by atoms with Crippen LogP contribution in [0.1, 0.15) is 245 Å². The van der Waals surface area contributed by atoms with Crippen LogP contribution < -0.4 is 10.2 Å². The van der Waals surface area contributed by atoms with Crippen molar-refractivity contribution in [1.29, 1.82) is 0 Å². The van der Waals surface area contributed by atoms with Gasteiger partial charge in [-0.2, -0.15) is 0 Å². The van der Waals surface area contributed by atoms with Gasteiger partial charge < -0.3 is 28.5 Å². The Kier molecular flexibility index (Phi) is 55.5. The molecule has 0 saturated carbocycles. The van der Waals surface area contributed by atoms with Crippen LogP contribution in [0.5, 0.6) is 0 Å². The van der Waals surface area contributed by atoms with E-state index in [9.17, 15) is 19.0 Å². The molecule has 0 bridgehead atoms. The largest absolute Gasteiger partial charge is 0.756 e. The Morgan fingerprint density at radius 1 is 0.450 bits per heavy atom. The number of likely N-dealkylation sites (N-methyl/N-ethyl adjacent to an activating group) is 1. The number of allylic oxidation sites excluding steroid dienone is 21. The molecule has 0 aromatic heterocycles. The van der Waals surface area contributed by atoms with Crippen LogP contribution in [0.2, 0.25) is 0 Å². The first-order valence-electron chi connectivity index (χ1n) is 32.0. The van der Waals surface area contributed by atoms with E-state index in [0.29, 0.717) is 23.9 Å². The molecule has 0 aliphatic carbocycles. The Hall–Kier alpha value is -3.85. The first kappa shape index (κ1) is 76.1. The SMILES string of the molecule is CC/C=C\C/C=C\C/C=C\C/C=C\C/C=C\C/C=C\CCCCCCCCCCC(=O)OC(/C=C\CCCCCCCCCCC)C(COP(=O)([O-])OCC[N+](C)(C)C)NC(=O)CCCCC/C=C/C/C=C/C/C=C/C/C=C/CC. The van der Waals surface area contributed by atoms with Gasteiger partial charge in [-0.05, 0) is 122 Å². The monoisotopic (exact) mass is 1130 g/mol. The third-order valence-electron chi connectivity index (χ3n) is 13.3. The Labute approximate surface area is 492 Å². The molecule has 0 rings (SSSR count). The number of hydrogen-bond donors (Lipinski definition) is 1. The van der Waals surface area contributed by atoms with E-state index in [4.69, 9.17) is 13.8 Å². The van der Waals surface area contributed by atoms with Gasteiger partial charge in [0.15, 0.2) is 0 Å². The molecule has 0 saturated heterocycles. The predicted molar refractivity (Wildman–Crippen MR) is 343 cm³/mol. The van der Waals surface area contributed by atoms with Crippen molar-refractivity contribution < 1.29 is 37.3 Å². The van der Waals surface area contributed by atoms with E-state index in [1.807, 2.05) is 33.3 Å². The fraction of sp³-hybridized carbons (Fsp3) is 0.657. The quantitative estimate of drug-likeness (QED) is 0.0212. The van der Waals surface area contributed by atoms with Crippen molar-refractivity contribution >= 4 is 19.7 Å². The van der Waals surface area contributed by atoms with E-state index in [1.54, 1.807) is 0 Å². The Bertz CT molecular complexity index is 1830. The number of unbranched alkanes of at least 4 members (excludes halogenated alkanes) is 20. The van der Waals surface area contributed by atoms with Gasteiger partial charge in [0.05, 0.1) is 33.8 Å². The van der Waals surface area contributed by atoms with Crippen molar-refractivity contribution in [3.63, 3.8) is 0 Å². The highest BCUT2D eigenvalue weighted by Crippen LogP contribution is 2.38. The summed E-state index contributed by atoms with van der Waals surface area (Å²) in [6.45, 7) is 6.56. The zero-order chi connectivity index (χ0) is 58.6. The molecule has 0 aliphatic heterocycles. The van der Waals surface area contributed by atoms with Crippen LogP contribution in [-0.4, -0.2) is 69.4 Å². The number of amides is 1. The lowest BCUT2D eigenvalue weighted by Gasteiger charge is -2.30. The maximum absolute atomic E-state index is 13.5. The number of nitrogens with one attached hydrogen (secondary N) is 1. The van der Waals surface area contributed by atoms with Gasteiger partial charge in [0.1, 0.15) is 19.3 Å². The minimum atomic E-state index is -4.72. The summed E-state index contributed by atoms with van der Waals surface area (Å²) in [4.78, 5) is 40.0. The zero-order valence-corrected chi connectivity index (χ0v) is 52.9. The number of rotatable bonds is 56. The standard InChI is InChI=1S/C70H119N2O7P/c1-7-10-13-16-19-22-25-27-29-31-32-33-34-35-36-37-38-39-40-41-43-45-48-51-54-57-60-63-70(74)79-68(61-58-55-52-49-46-24-21-18-15-12-9-3)67(66-78-80(75,76)77-65-64-72(4,5)6)71-69(73)62-59-56-53-50-47-44-42-30-28-26-23-20-17-14-11-8-2/h10-11,13-14,19-20,22-23,27-30,32-33,35-36,38-39,44,47,58,61,67-68H,7-9,12,15-18,21,24-26,31,34,37,40-43,45-46,48-57,59-60,62-66H2,1-6H3,(H-,71,73,75,76)/b13-10-,14-11+,22-19-,23-20+,29-27-,30-28+,33-32-,36-35-,39-38-,47-44+,61-58-. The molecule has 456 valence electrons. The molecule has 0 radical (unpaired) electrons. The normalized spacial score (nSPS) is 14.5. The first-order valence-corrected chi connectivity index (χ1v) is 33.5. The molecule has 0 aliphatic rings. The highest BCUT2D eigenvalue weighted by atomic mass is 31.2. The number of nitrogens with zero attached hydrogens (tertiary/aromatic N) is 1. The molecule has 0 heterocycles. The number of hydrogen-bond acceptors (Lipinski definition) is 7. The minimum Gasteiger partial charge on any atom is -0.756 e. The average Bonchev–Trinajstić information content (AvgIpc) is 3.43. The Balaban J connectivity index is 5.17. The van der Waals surface area contributed by atoms with Crippen molar-refractivity contribution in [1.82, 2.24) is 5.32 Å². The Morgan fingerprint density at radius 3 is 1.21 bits per heavy atom. The lowest BCUT2D eigenvalue weighted by molar-refractivity contribution is -0.870. The van der Waals surface area contributed by atoms with Crippen molar-refractivity contribution in [2.45, 2.75) is 258 Å². The third kappa shape index (κ3) is 58.8. The maximum Gasteiger partial charge on any atom is 0.306 e. The topological polar surface area (TPSA) is 114 Å². The number of quaternary nitrogens is 1. The number of ether oxygens (including phenoxy) is 1. The summed E-state index contributed by atoms with van der Waals surface area (Å²) in [5.74, 6) is -0.597. The molecule has 1 N–H and O–H groups in total. The highest BCUT2D eigenvalue weighted by molar-refractivity contribution is 7.45. The summed E-state index contributed by atoms with van der Waals surface area (Å²) in [5.41, 5.74) is 0. The van der Waals surface area contributed by atoms with Gasteiger partial charge >= 0.3 is 5.97 Å². The van der Waals surface area contributed by atoms with E-state index < -0.39 is 26.6 Å². The van der Waals surface area contributed by atoms with E-state index in [0.717, 1.165) is 128 Å². The van der Waals surface area contributed by atoms with Crippen molar-refractivity contribution in [2.24, 2.45) is 0 Å². The minimum absolute atomic E-state index is 0.0374. The molecule has 0 spiro atoms. The van der Waals surface area contributed by atoms with Crippen LogP contribution in [0.15, 0.2) is 134 Å². The lowest BCUT2D eigenvalue weighted by Crippen LogP contribution is -2.47. The number of phosphoric acid groups is 1. The van der Waals surface area contributed by atoms with E-state index in [1.165, 1.54) is 70.6 Å². The molecule has 0 fully saturated rings. The van der Waals surface area contributed by atoms with Gasteiger partial charge in [0.25, 0.3) is 7.82 Å². The molecule has 3 unspecified atom stereocenters. The summed E-state index contributed by atoms with van der Waals surface area (Å²) in [6, 6.07) is -0.918. The summed E-state index contributed by atoms with van der Waals surface area (Å²) in [7, 11) is 1.14. The Morgan fingerprint density at radius 2 is 0.800 bits per heavy atom. The van der Waals surface area contributed by atoms with E-state index >= 15 is 0 Å². The van der Waals surface area contributed by atoms with Gasteiger partial charge in [-0.3, -0.25) is 14.2 Å². The zero-order valence-electron chi connectivity index (χ0n) is 52.0. The molecule has 80 heavy (non-hydrogen) atoms. The van der Waals surface area contributed by atoms with Crippen LogP contribution in [-0.2, 0) is 27.9 Å². The number of carbonyl (C=O) groups is 2. The molecule has 0 aromatic rings. The van der Waals surface area contributed by atoms with Gasteiger partial charge in [0.2, 0.25) is 5.91 Å². The molecule has 10 heteroatoms. The smallest absolute Gasteiger partial charge is 0.306 e. The van der Waals surface area contributed by atoms with Crippen LogP contribution in [0.3, 0.4) is 0 Å².